The molecule has 154 valence electrons. The Morgan fingerprint density at radius 2 is 1.83 bits per heavy atom. The monoisotopic (exact) mass is 434 g/mol. The van der Waals surface area contributed by atoms with Crippen LogP contribution in [0.1, 0.15) is 47.4 Å². The lowest BCUT2D eigenvalue weighted by atomic mass is 10.1. The van der Waals surface area contributed by atoms with Crippen molar-refractivity contribution in [2.75, 3.05) is 6.61 Å². The van der Waals surface area contributed by atoms with Crippen molar-refractivity contribution in [1.29, 1.82) is 0 Å². The summed E-state index contributed by atoms with van der Waals surface area (Å²) in [6.07, 6.45) is 6.86. The Labute approximate surface area is 187 Å². The Kier molecular flexibility index (Phi) is 5.46. The van der Waals surface area contributed by atoms with Gasteiger partial charge in [-0.2, -0.15) is 4.57 Å². The fourth-order valence-corrected chi connectivity index (χ4v) is 6.67. The van der Waals surface area contributed by atoms with E-state index in [2.05, 4.69) is 67.8 Å². The van der Waals surface area contributed by atoms with Crippen LogP contribution in [0.5, 0.6) is 0 Å². The minimum atomic E-state index is 0.821. The molecular formula is C26H28NOS2+. The van der Waals surface area contributed by atoms with Gasteiger partial charge in [0.15, 0.2) is 6.54 Å². The second-order valence-corrected chi connectivity index (χ2v) is 10.6. The highest BCUT2D eigenvalue weighted by Gasteiger charge is 2.28. The van der Waals surface area contributed by atoms with Gasteiger partial charge in [0.25, 0.3) is 5.01 Å². The Morgan fingerprint density at radius 1 is 1.00 bits per heavy atom. The zero-order chi connectivity index (χ0) is 20.7. The van der Waals surface area contributed by atoms with E-state index in [-0.39, 0.29) is 0 Å². The van der Waals surface area contributed by atoms with Crippen molar-refractivity contribution in [3.63, 3.8) is 0 Å². The molecule has 0 atom stereocenters. The molecule has 5 rings (SSSR count). The Balaban J connectivity index is 1.55. The number of hydrogen-bond donors (Lipinski definition) is 0. The van der Waals surface area contributed by atoms with Crippen molar-refractivity contribution >= 4 is 38.9 Å². The fourth-order valence-electron chi connectivity index (χ4n) is 4.37. The summed E-state index contributed by atoms with van der Waals surface area (Å²) in [5.74, 6) is 1.09. The molecule has 0 radical (unpaired) electrons. The van der Waals surface area contributed by atoms with Crippen molar-refractivity contribution < 1.29 is 9.30 Å². The van der Waals surface area contributed by atoms with E-state index in [1.165, 1.54) is 53.7 Å². The molecule has 0 N–H and O–H groups in total. The Morgan fingerprint density at radius 3 is 2.70 bits per heavy atom. The van der Waals surface area contributed by atoms with E-state index in [9.17, 15) is 0 Å². The van der Waals surface area contributed by atoms with Crippen LogP contribution < -0.4 is 4.57 Å². The quantitative estimate of drug-likeness (QED) is 0.408. The average Bonchev–Trinajstić information content (AvgIpc) is 3.10. The average molecular weight is 435 g/mol. The number of aromatic nitrogens is 1. The topological polar surface area (TPSA) is 13.1 Å². The van der Waals surface area contributed by atoms with E-state index in [4.69, 9.17) is 4.74 Å². The number of aryl methyl sites for hydroxylation is 4. The number of benzene rings is 2. The molecule has 0 spiro atoms. The molecule has 0 saturated heterocycles. The standard InChI is InChI=1S/C26H28NOS2/c1-17-8-10-23(19(3)14-17)29-25-7-5-13-28-22(25)16-20-6-4-12-27-21-15-18(2)9-11-24(21)30-26(20)27/h8-11,14-16H,4-7,12-13H2,1-3H3/q+1/b20-16-. The van der Waals surface area contributed by atoms with Crippen molar-refractivity contribution in [1.82, 2.24) is 0 Å². The molecule has 2 aliphatic rings. The first kappa shape index (κ1) is 19.9. The van der Waals surface area contributed by atoms with Crippen LogP contribution >= 0.6 is 23.1 Å². The summed E-state index contributed by atoms with van der Waals surface area (Å²) in [7, 11) is 0. The Bertz CT molecular complexity index is 1190. The van der Waals surface area contributed by atoms with Crippen molar-refractivity contribution in [2.24, 2.45) is 0 Å². The number of nitrogens with zero attached hydrogens (tertiary/aromatic N) is 1. The highest BCUT2D eigenvalue weighted by molar-refractivity contribution is 8.03. The molecular weight excluding hydrogens is 406 g/mol. The lowest BCUT2D eigenvalue weighted by molar-refractivity contribution is -0.672. The first-order valence-electron chi connectivity index (χ1n) is 10.8. The molecule has 0 unspecified atom stereocenters. The van der Waals surface area contributed by atoms with E-state index < -0.39 is 0 Å². The minimum Gasteiger partial charge on any atom is -0.493 e. The van der Waals surface area contributed by atoms with Crippen LogP contribution in [-0.4, -0.2) is 6.61 Å². The van der Waals surface area contributed by atoms with Crippen molar-refractivity contribution in [3.05, 3.63) is 74.8 Å². The number of hydrogen-bond acceptors (Lipinski definition) is 3. The van der Waals surface area contributed by atoms with Crippen LogP contribution in [0.15, 0.2) is 58.0 Å². The van der Waals surface area contributed by atoms with Gasteiger partial charge in [-0.05, 0) is 69.4 Å². The number of thioether (sulfide) groups is 1. The summed E-state index contributed by atoms with van der Waals surface area (Å²) in [4.78, 5) is 2.71. The SMILES string of the molecule is Cc1ccc(SC2=C(/C=C3/CCC[n+]4c3sc3ccc(C)cc34)OCCC2)c(C)c1. The van der Waals surface area contributed by atoms with Crippen LogP contribution in [-0.2, 0) is 11.3 Å². The molecule has 3 aromatic rings. The third-order valence-electron chi connectivity index (χ3n) is 5.91. The van der Waals surface area contributed by atoms with Crippen LogP contribution in [0.3, 0.4) is 0 Å². The zero-order valence-electron chi connectivity index (χ0n) is 18.0. The van der Waals surface area contributed by atoms with E-state index in [1.54, 1.807) is 0 Å². The molecule has 2 aromatic carbocycles. The van der Waals surface area contributed by atoms with Gasteiger partial charge in [-0.1, -0.05) is 46.9 Å². The summed E-state index contributed by atoms with van der Waals surface area (Å²) >= 11 is 3.82. The molecule has 0 saturated carbocycles. The summed E-state index contributed by atoms with van der Waals surface area (Å²) in [6, 6.07) is 13.6. The first-order chi connectivity index (χ1) is 14.6. The predicted octanol–water partition coefficient (Wildman–Crippen LogP) is 7.11. The van der Waals surface area contributed by atoms with Gasteiger partial charge in [-0.3, -0.25) is 0 Å². The summed E-state index contributed by atoms with van der Waals surface area (Å²) in [5, 5.41) is 1.40. The highest BCUT2D eigenvalue weighted by atomic mass is 32.2. The molecule has 0 fully saturated rings. The number of rotatable bonds is 3. The fraction of sp³-hybridized carbons (Fsp3) is 0.346. The maximum atomic E-state index is 6.22. The van der Waals surface area contributed by atoms with Crippen molar-refractivity contribution in [2.45, 2.75) is 57.9 Å². The molecule has 0 aliphatic carbocycles. The number of allylic oxidation sites excluding steroid dienone is 3. The van der Waals surface area contributed by atoms with Gasteiger partial charge in [-0.15, -0.1) is 0 Å². The summed E-state index contributed by atoms with van der Waals surface area (Å²) in [6.45, 7) is 8.48. The van der Waals surface area contributed by atoms with E-state index in [0.717, 1.165) is 38.2 Å². The van der Waals surface area contributed by atoms with Gasteiger partial charge in [-0.25, -0.2) is 0 Å². The number of ether oxygens (including phenoxy) is 1. The van der Waals surface area contributed by atoms with E-state index in [1.807, 2.05) is 23.1 Å². The minimum absolute atomic E-state index is 0.821. The third kappa shape index (κ3) is 3.83. The molecule has 2 aliphatic heterocycles. The van der Waals surface area contributed by atoms with Crippen LogP contribution in [0.2, 0.25) is 0 Å². The lowest BCUT2D eigenvalue weighted by Gasteiger charge is -2.21. The normalized spacial score (nSPS) is 18.0. The molecule has 4 heteroatoms. The molecule has 0 amide bonds. The summed E-state index contributed by atoms with van der Waals surface area (Å²) < 4.78 is 10.1. The largest absolute Gasteiger partial charge is 0.493 e. The van der Waals surface area contributed by atoms with Crippen molar-refractivity contribution in [3.8, 4) is 0 Å². The smallest absolute Gasteiger partial charge is 0.266 e. The van der Waals surface area contributed by atoms with E-state index >= 15 is 0 Å². The van der Waals surface area contributed by atoms with Crippen LogP contribution in [0, 0.1) is 20.8 Å². The second kappa shape index (κ2) is 8.24. The molecule has 0 bridgehead atoms. The van der Waals surface area contributed by atoms with Gasteiger partial charge in [0, 0.05) is 27.9 Å². The van der Waals surface area contributed by atoms with Crippen LogP contribution in [0.4, 0.5) is 0 Å². The number of fused-ring (bicyclic) bond motifs is 3. The third-order valence-corrected chi connectivity index (χ3v) is 8.48. The van der Waals surface area contributed by atoms with Gasteiger partial charge in [0.2, 0.25) is 5.52 Å². The molecule has 30 heavy (non-hydrogen) atoms. The van der Waals surface area contributed by atoms with Crippen LogP contribution in [0.25, 0.3) is 15.8 Å². The van der Waals surface area contributed by atoms with Gasteiger partial charge >= 0.3 is 0 Å². The Hall–Kier alpha value is -2.04. The maximum Gasteiger partial charge on any atom is 0.266 e. The molecule has 3 heterocycles. The predicted molar refractivity (Wildman–Crippen MR) is 128 cm³/mol. The second-order valence-electron chi connectivity index (χ2n) is 8.41. The van der Waals surface area contributed by atoms with Gasteiger partial charge in [0.05, 0.1) is 6.61 Å². The van der Waals surface area contributed by atoms with Gasteiger partial charge in [0.1, 0.15) is 10.5 Å². The zero-order valence-corrected chi connectivity index (χ0v) is 19.6. The first-order valence-corrected chi connectivity index (χ1v) is 12.5. The molecule has 2 nitrogen and oxygen atoms in total. The summed E-state index contributed by atoms with van der Waals surface area (Å²) in [5.41, 5.74) is 6.80. The lowest BCUT2D eigenvalue weighted by Crippen LogP contribution is -2.38. The number of thiazole rings is 1. The maximum absolute atomic E-state index is 6.22. The highest BCUT2D eigenvalue weighted by Crippen LogP contribution is 2.39. The molecule has 1 aromatic heterocycles. The van der Waals surface area contributed by atoms with Gasteiger partial charge < -0.3 is 4.74 Å². The van der Waals surface area contributed by atoms with E-state index in [0.29, 0.717) is 0 Å².